The maximum atomic E-state index is 12.7. The molecule has 0 saturated carbocycles. The number of aromatic nitrogens is 1. The monoisotopic (exact) mass is 291 g/mol. The normalized spacial score (nSPS) is 12.3. The summed E-state index contributed by atoms with van der Waals surface area (Å²) in [6.45, 7) is 11.4. The van der Waals surface area contributed by atoms with Gasteiger partial charge in [-0.15, -0.1) is 0 Å². The fraction of sp³-hybridized carbons (Fsp3) is 0.647. The van der Waals surface area contributed by atoms with E-state index in [0.717, 1.165) is 36.5 Å². The summed E-state index contributed by atoms with van der Waals surface area (Å²) in [5.74, 6) is 1.29. The second kappa shape index (κ2) is 8.01. The Morgan fingerprint density at radius 1 is 1.29 bits per heavy atom. The van der Waals surface area contributed by atoms with E-state index in [0.29, 0.717) is 5.92 Å². The summed E-state index contributed by atoms with van der Waals surface area (Å²) in [6.07, 6.45) is 1.86. The lowest BCUT2D eigenvalue weighted by Gasteiger charge is -2.28. The van der Waals surface area contributed by atoms with E-state index in [1.165, 1.54) is 0 Å². The molecule has 1 heterocycles. The maximum Gasteiger partial charge on any atom is 0.254 e. The Morgan fingerprint density at radius 2 is 1.95 bits per heavy atom. The molecule has 4 heteroatoms. The molecule has 1 unspecified atom stereocenters. The van der Waals surface area contributed by atoms with Crippen LogP contribution in [0.25, 0.3) is 0 Å². The van der Waals surface area contributed by atoms with Crippen molar-refractivity contribution in [3.05, 3.63) is 23.4 Å². The Morgan fingerprint density at radius 3 is 2.48 bits per heavy atom. The summed E-state index contributed by atoms with van der Waals surface area (Å²) in [7, 11) is 1.87. The van der Waals surface area contributed by atoms with Gasteiger partial charge in [0.1, 0.15) is 5.82 Å². The number of hydrogen-bond donors (Lipinski definition) is 1. The van der Waals surface area contributed by atoms with Crippen LogP contribution >= 0.6 is 0 Å². The topological polar surface area (TPSA) is 45.2 Å². The van der Waals surface area contributed by atoms with Crippen molar-refractivity contribution in [1.82, 2.24) is 9.88 Å². The molecule has 4 nitrogen and oxygen atoms in total. The van der Waals surface area contributed by atoms with Crippen molar-refractivity contribution in [2.45, 2.75) is 53.5 Å². The summed E-state index contributed by atoms with van der Waals surface area (Å²) in [5, 5.41) is 3.27. The SMILES string of the molecule is CCCNc1cc(C(=O)N(C)C(C)C(C)C)cc(CC)n1. The van der Waals surface area contributed by atoms with Gasteiger partial charge in [0.25, 0.3) is 5.91 Å². The molecule has 0 bridgehead atoms. The molecular formula is C17H29N3O. The zero-order chi connectivity index (χ0) is 16.0. The fourth-order valence-corrected chi connectivity index (χ4v) is 2.07. The van der Waals surface area contributed by atoms with Gasteiger partial charge in [-0.05, 0) is 37.8 Å². The Kier molecular flexibility index (Phi) is 6.66. The molecule has 21 heavy (non-hydrogen) atoms. The van der Waals surface area contributed by atoms with Crippen LogP contribution in [0.1, 0.15) is 57.1 Å². The molecule has 1 amide bonds. The molecule has 118 valence electrons. The first-order chi connectivity index (χ1) is 9.90. The first-order valence-corrected chi connectivity index (χ1v) is 7.92. The number of hydrogen-bond acceptors (Lipinski definition) is 3. The first-order valence-electron chi connectivity index (χ1n) is 7.92. The van der Waals surface area contributed by atoms with E-state index < -0.39 is 0 Å². The minimum atomic E-state index is 0.0628. The summed E-state index contributed by atoms with van der Waals surface area (Å²) in [4.78, 5) is 19.0. The molecule has 1 aromatic rings. The average Bonchev–Trinajstić information content (AvgIpc) is 2.50. The minimum absolute atomic E-state index is 0.0628. The number of amides is 1. The van der Waals surface area contributed by atoms with Crippen LogP contribution in [0.15, 0.2) is 12.1 Å². The van der Waals surface area contributed by atoms with Gasteiger partial charge >= 0.3 is 0 Å². The molecule has 1 aromatic heterocycles. The van der Waals surface area contributed by atoms with E-state index in [1.807, 2.05) is 24.1 Å². The molecule has 0 fully saturated rings. The van der Waals surface area contributed by atoms with E-state index >= 15 is 0 Å². The third kappa shape index (κ3) is 4.73. The van der Waals surface area contributed by atoms with Crippen LogP contribution in [-0.4, -0.2) is 35.4 Å². The molecule has 1 N–H and O–H groups in total. The van der Waals surface area contributed by atoms with Crippen molar-refractivity contribution in [3.63, 3.8) is 0 Å². The van der Waals surface area contributed by atoms with Crippen LogP contribution in [0.3, 0.4) is 0 Å². The first kappa shape index (κ1) is 17.5. The van der Waals surface area contributed by atoms with Crippen LogP contribution in [0, 0.1) is 5.92 Å². The Labute approximate surface area is 129 Å². The fourth-order valence-electron chi connectivity index (χ4n) is 2.07. The van der Waals surface area contributed by atoms with Gasteiger partial charge in [-0.2, -0.15) is 0 Å². The van der Waals surface area contributed by atoms with Crippen LogP contribution in [-0.2, 0) is 6.42 Å². The largest absolute Gasteiger partial charge is 0.370 e. The number of carbonyl (C=O) groups excluding carboxylic acids is 1. The highest BCUT2D eigenvalue weighted by molar-refractivity contribution is 5.95. The second-order valence-electron chi connectivity index (χ2n) is 5.91. The highest BCUT2D eigenvalue weighted by atomic mass is 16.2. The van der Waals surface area contributed by atoms with Crippen molar-refractivity contribution in [2.75, 3.05) is 18.9 Å². The van der Waals surface area contributed by atoms with Gasteiger partial charge in [-0.1, -0.05) is 27.7 Å². The predicted octanol–water partition coefficient (Wildman–Crippen LogP) is 3.58. The lowest BCUT2D eigenvalue weighted by molar-refractivity contribution is 0.0707. The molecule has 0 radical (unpaired) electrons. The molecule has 1 atom stereocenters. The minimum Gasteiger partial charge on any atom is -0.370 e. The second-order valence-corrected chi connectivity index (χ2v) is 5.91. The van der Waals surface area contributed by atoms with Gasteiger partial charge in [-0.25, -0.2) is 4.98 Å². The van der Waals surface area contributed by atoms with Gasteiger partial charge in [0.2, 0.25) is 0 Å². The van der Waals surface area contributed by atoms with Crippen LogP contribution in [0.2, 0.25) is 0 Å². The quantitative estimate of drug-likeness (QED) is 0.835. The summed E-state index contributed by atoms with van der Waals surface area (Å²) in [6, 6.07) is 3.98. The molecule has 1 rings (SSSR count). The third-order valence-electron chi connectivity index (χ3n) is 3.94. The van der Waals surface area contributed by atoms with Crippen molar-refractivity contribution in [3.8, 4) is 0 Å². The Bertz CT molecular complexity index is 471. The van der Waals surface area contributed by atoms with Gasteiger partial charge in [0.05, 0.1) is 0 Å². The third-order valence-corrected chi connectivity index (χ3v) is 3.94. The van der Waals surface area contributed by atoms with Crippen molar-refractivity contribution >= 4 is 11.7 Å². The number of carbonyl (C=O) groups is 1. The van der Waals surface area contributed by atoms with E-state index in [-0.39, 0.29) is 11.9 Å². The van der Waals surface area contributed by atoms with Crippen LogP contribution in [0.5, 0.6) is 0 Å². The van der Waals surface area contributed by atoms with E-state index in [9.17, 15) is 4.79 Å². The molecule has 0 saturated heterocycles. The summed E-state index contributed by atoms with van der Waals surface area (Å²) < 4.78 is 0. The van der Waals surface area contributed by atoms with Crippen molar-refractivity contribution in [1.29, 1.82) is 0 Å². The smallest absolute Gasteiger partial charge is 0.254 e. The Hall–Kier alpha value is -1.58. The number of anilines is 1. The number of nitrogens with zero attached hydrogens (tertiary/aromatic N) is 2. The zero-order valence-corrected chi connectivity index (χ0v) is 14.2. The lowest BCUT2D eigenvalue weighted by atomic mass is 10.0. The summed E-state index contributed by atoms with van der Waals surface area (Å²) in [5.41, 5.74) is 1.67. The van der Waals surface area contributed by atoms with E-state index in [1.54, 1.807) is 0 Å². The standard InChI is InChI=1S/C17H29N3O/c1-7-9-18-16-11-14(10-15(8-2)19-16)17(21)20(6)13(5)12(3)4/h10-13H,7-9H2,1-6H3,(H,18,19). The van der Waals surface area contributed by atoms with Crippen LogP contribution in [0.4, 0.5) is 5.82 Å². The number of nitrogens with one attached hydrogen (secondary N) is 1. The predicted molar refractivity (Wildman–Crippen MR) is 88.8 cm³/mol. The van der Waals surface area contributed by atoms with Crippen LogP contribution < -0.4 is 5.32 Å². The van der Waals surface area contributed by atoms with Gasteiger partial charge < -0.3 is 10.2 Å². The highest BCUT2D eigenvalue weighted by Crippen LogP contribution is 2.16. The molecule has 0 spiro atoms. The number of rotatable bonds is 7. The lowest BCUT2D eigenvalue weighted by Crippen LogP contribution is -2.38. The average molecular weight is 291 g/mol. The molecular weight excluding hydrogens is 262 g/mol. The van der Waals surface area contributed by atoms with Crippen molar-refractivity contribution in [2.24, 2.45) is 5.92 Å². The van der Waals surface area contributed by atoms with Gasteiger partial charge in [0, 0.05) is 30.9 Å². The molecule has 0 aliphatic rings. The van der Waals surface area contributed by atoms with Crippen molar-refractivity contribution < 1.29 is 4.79 Å². The maximum absolute atomic E-state index is 12.7. The molecule has 0 aliphatic carbocycles. The van der Waals surface area contributed by atoms with E-state index in [4.69, 9.17) is 0 Å². The van der Waals surface area contributed by atoms with E-state index in [2.05, 4.69) is 44.9 Å². The molecule has 0 aromatic carbocycles. The summed E-state index contributed by atoms with van der Waals surface area (Å²) >= 11 is 0. The van der Waals surface area contributed by atoms with Gasteiger partial charge in [0.15, 0.2) is 0 Å². The van der Waals surface area contributed by atoms with Gasteiger partial charge in [-0.3, -0.25) is 4.79 Å². The Balaban J connectivity index is 3.02. The molecule has 0 aliphatic heterocycles. The number of pyridine rings is 1. The number of aryl methyl sites for hydroxylation is 1. The highest BCUT2D eigenvalue weighted by Gasteiger charge is 2.20. The zero-order valence-electron chi connectivity index (χ0n) is 14.2.